The van der Waals surface area contributed by atoms with Crippen molar-refractivity contribution in [1.82, 2.24) is 20.4 Å². The van der Waals surface area contributed by atoms with E-state index in [2.05, 4.69) is 31.1 Å². The molecule has 0 aliphatic rings. The number of hydrogen-bond donors (Lipinski definition) is 3. The first-order valence-electron chi connectivity index (χ1n) is 7.81. The number of rotatable bonds is 5. The summed E-state index contributed by atoms with van der Waals surface area (Å²) in [7, 11) is 0. The number of anilines is 2. The molecular formula is C17H13F3N6OS. The molecule has 2 amide bonds. The molecule has 0 aliphatic carbocycles. The number of thioether (sulfide) groups is 1. The SMILES string of the molecule is O=C(NNc1nccc(-c2cccnc2)n1)Nc1ccc(SC(F)(F)F)cc1. The van der Waals surface area contributed by atoms with E-state index in [4.69, 9.17) is 0 Å². The van der Waals surface area contributed by atoms with E-state index in [1.807, 2.05) is 6.07 Å². The Labute approximate surface area is 161 Å². The number of carbonyl (C=O) groups excluding carboxylic acids is 1. The van der Waals surface area contributed by atoms with Gasteiger partial charge in [-0.2, -0.15) is 13.2 Å². The van der Waals surface area contributed by atoms with Crippen LogP contribution in [0.1, 0.15) is 0 Å². The number of hydrazine groups is 1. The number of pyridine rings is 1. The van der Waals surface area contributed by atoms with Gasteiger partial charge in [-0.1, -0.05) is 0 Å². The van der Waals surface area contributed by atoms with Crippen LogP contribution in [0.25, 0.3) is 11.3 Å². The van der Waals surface area contributed by atoms with Crippen molar-refractivity contribution in [2.45, 2.75) is 10.4 Å². The minimum Gasteiger partial charge on any atom is -0.307 e. The third-order valence-electron chi connectivity index (χ3n) is 3.25. The van der Waals surface area contributed by atoms with E-state index < -0.39 is 11.5 Å². The van der Waals surface area contributed by atoms with E-state index in [9.17, 15) is 18.0 Å². The number of urea groups is 1. The molecule has 0 fully saturated rings. The molecule has 1 aromatic carbocycles. The summed E-state index contributed by atoms with van der Waals surface area (Å²) < 4.78 is 36.9. The number of halogens is 3. The monoisotopic (exact) mass is 406 g/mol. The van der Waals surface area contributed by atoms with E-state index in [1.165, 1.54) is 30.5 Å². The Kier molecular flexibility index (Phi) is 5.94. The Bertz CT molecular complexity index is 938. The van der Waals surface area contributed by atoms with Gasteiger partial charge in [0.1, 0.15) is 0 Å². The molecule has 0 saturated carbocycles. The number of nitrogens with zero attached hydrogens (tertiary/aromatic N) is 3. The second-order valence-corrected chi connectivity index (χ2v) is 6.42. The van der Waals surface area contributed by atoms with Crippen LogP contribution < -0.4 is 16.2 Å². The maximum atomic E-state index is 12.3. The lowest BCUT2D eigenvalue weighted by molar-refractivity contribution is -0.0328. The molecule has 0 spiro atoms. The maximum Gasteiger partial charge on any atom is 0.446 e. The van der Waals surface area contributed by atoms with Crippen molar-refractivity contribution in [3.8, 4) is 11.3 Å². The zero-order valence-corrected chi connectivity index (χ0v) is 14.9. The second-order valence-electron chi connectivity index (χ2n) is 5.28. The number of hydrogen-bond acceptors (Lipinski definition) is 6. The number of aromatic nitrogens is 3. The van der Waals surface area contributed by atoms with Crippen LogP contribution in [0.4, 0.5) is 29.6 Å². The fourth-order valence-corrected chi connectivity index (χ4v) is 2.65. The number of amides is 2. The number of nitrogens with one attached hydrogen (secondary N) is 3. The van der Waals surface area contributed by atoms with Gasteiger partial charge in [-0.15, -0.1) is 0 Å². The van der Waals surface area contributed by atoms with Crippen LogP contribution in [0.2, 0.25) is 0 Å². The van der Waals surface area contributed by atoms with Gasteiger partial charge >= 0.3 is 11.5 Å². The Morgan fingerprint density at radius 1 is 1.04 bits per heavy atom. The molecule has 144 valence electrons. The summed E-state index contributed by atoms with van der Waals surface area (Å²) in [5.41, 5.74) is 2.28. The van der Waals surface area contributed by atoms with Crippen molar-refractivity contribution in [2.24, 2.45) is 0 Å². The molecule has 0 saturated heterocycles. The summed E-state index contributed by atoms with van der Waals surface area (Å²) in [5.74, 6) is 0.161. The lowest BCUT2D eigenvalue weighted by atomic mass is 10.2. The molecule has 3 aromatic rings. The summed E-state index contributed by atoms with van der Waals surface area (Å²) in [6.45, 7) is 0. The quantitative estimate of drug-likeness (QED) is 0.432. The minimum absolute atomic E-state index is 0.0252. The van der Waals surface area contributed by atoms with Crippen LogP contribution in [0.3, 0.4) is 0 Å². The van der Waals surface area contributed by atoms with Gasteiger partial charge in [0.05, 0.1) is 5.69 Å². The highest BCUT2D eigenvalue weighted by molar-refractivity contribution is 8.00. The minimum atomic E-state index is -4.36. The molecule has 3 N–H and O–H groups in total. The van der Waals surface area contributed by atoms with Gasteiger partial charge in [-0.05, 0) is 54.2 Å². The van der Waals surface area contributed by atoms with Gasteiger partial charge in [0.15, 0.2) is 0 Å². The number of carbonyl (C=O) groups is 1. The van der Waals surface area contributed by atoms with Gasteiger partial charge < -0.3 is 5.32 Å². The lowest BCUT2D eigenvalue weighted by Crippen LogP contribution is -2.34. The molecule has 3 rings (SSSR count). The Morgan fingerprint density at radius 2 is 1.82 bits per heavy atom. The summed E-state index contributed by atoms with van der Waals surface area (Å²) in [6, 6.07) is 9.94. The molecule has 0 radical (unpaired) electrons. The molecule has 0 bridgehead atoms. The van der Waals surface area contributed by atoms with E-state index in [0.29, 0.717) is 11.4 Å². The molecule has 11 heteroatoms. The Hall–Kier alpha value is -3.34. The predicted octanol–water partition coefficient (Wildman–Crippen LogP) is 4.30. The van der Waals surface area contributed by atoms with Crippen molar-refractivity contribution < 1.29 is 18.0 Å². The highest BCUT2D eigenvalue weighted by Gasteiger charge is 2.29. The zero-order chi connectivity index (χ0) is 20.0. The first kappa shape index (κ1) is 19.4. The molecule has 0 atom stereocenters. The van der Waals surface area contributed by atoms with Crippen molar-refractivity contribution >= 4 is 29.4 Å². The molecule has 0 aliphatic heterocycles. The molecule has 2 aromatic heterocycles. The van der Waals surface area contributed by atoms with Crippen molar-refractivity contribution in [3.05, 3.63) is 61.1 Å². The highest BCUT2D eigenvalue weighted by atomic mass is 32.2. The van der Waals surface area contributed by atoms with Crippen molar-refractivity contribution in [1.29, 1.82) is 0 Å². The smallest absolute Gasteiger partial charge is 0.307 e. The normalized spacial score (nSPS) is 11.0. The maximum absolute atomic E-state index is 12.3. The molecular weight excluding hydrogens is 393 g/mol. The van der Waals surface area contributed by atoms with E-state index in [1.54, 1.807) is 24.5 Å². The average molecular weight is 406 g/mol. The third kappa shape index (κ3) is 5.84. The average Bonchev–Trinajstić information content (AvgIpc) is 2.68. The van der Waals surface area contributed by atoms with Crippen LogP contribution >= 0.6 is 11.8 Å². The Balaban J connectivity index is 1.55. The summed E-state index contributed by atoms with van der Waals surface area (Å²) in [6.07, 6.45) is 4.81. The van der Waals surface area contributed by atoms with Gasteiger partial charge in [-0.25, -0.2) is 20.2 Å². The van der Waals surface area contributed by atoms with E-state index in [-0.39, 0.29) is 22.6 Å². The van der Waals surface area contributed by atoms with Crippen LogP contribution in [-0.2, 0) is 0 Å². The van der Waals surface area contributed by atoms with Crippen LogP contribution in [-0.4, -0.2) is 26.5 Å². The van der Waals surface area contributed by atoms with Gasteiger partial charge in [0, 0.05) is 34.7 Å². The number of alkyl halides is 3. The van der Waals surface area contributed by atoms with Gasteiger partial charge in [-0.3, -0.25) is 10.4 Å². The first-order valence-corrected chi connectivity index (χ1v) is 8.63. The summed E-state index contributed by atoms with van der Waals surface area (Å²) >= 11 is -0.226. The largest absolute Gasteiger partial charge is 0.446 e. The highest BCUT2D eigenvalue weighted by Crippen LogP contribution is 2.37. The van der Waals surface area contributed by atoms with Crippen molar-refractivity contribution in [3.63, 3.8) is 0 Å². The van der Waals surface area contributed by atoms with Crippen molar-refractivity contribution in [2.75, 3.05) is 10.7 Å². The van der Waals surface area contributed by atoms with Crippen LogP contribution in [0.5, 0.6) is 0 Å². The standard InChI is InChI=1S/C17H13F3N6OS/c18-17(19,20)28-13-5-3-12(4-6-13)23-16(27)26-25-15-22-9-7-14(24-15)11-2-1-8-21-10-11/h1-10H,(H,22,24,25)(H2,23,26,27). The van der Waals surface area contributed by atoms with E-state index >= 15 is 0 Å². The summed E-state index contributed by atoms with van der Waals surface area (Å²) in [4.78, 5) is 24.2. The topological polar surface area (TPSA) is 91.8 Å². The fourth-order valence-electron chi connectivity index (χ4n) is 2.11. The predicted molar refractivity (Wildman–Crippen MR) is 99.4 cm³/mol. The van der Waals surface area contributed by atoms with Gasteiger partial charge in [0.25, 0.3) is 0 Å². The third-order valence-corrected chi connectivity index (χ3v) is 3.99. The fraction of sp³-hybridized carbons (Fsp3) is 0.0588. The molecule has 0 unspecified atom stereocenters. The number of benzene rings is 1. The second kappa shape index (κ2) is 8.57. The first-order chi connectivity index (χ1) is 13.4. The lowest BCUT2D eigenvalue weighted by Gasteiger charge is -2.10. The Morgan fingerprint density at radius 3 is 2.50 bits per heavy atom. The zero-order valence-electron chi connectivity index (χ0n) is 14.1. The molecule has 7 nitrogen and oxygen atoms in total. The summed E-state index contributed by atoms with van der Waals surface area (Å²) in [5, 5.41) is 2.48. The van der Waals surface area contributed by atoms with Gasteiger partial charge in [0.2, 0.25) is 5.95 Å². The van der Waals surface area contributed by atoms with E-state index in [0.717, 1.165) is 5.56 Å². The molecule has 2 heterocycles. The molecule has 28 heavy (non-hydrogen) atoms. The van der Waals surface area contributed by atoms with Crippen LogP contribution in [0.15, 0.2) is 66.0 Å². The van der Waals surface area contributed by atoms with Crippen LogP contribution in [0, 0.1) is 0 Å².